The van der Waals surface area contributed by atoms with Gasteiger partial charge >= 0.3 is 0 Å². The van der Waals surface area contributed by atoms with E-state index >= 15 is 0 Å². The van der Waals surface area contributed by atoms with E-state index in [0.717, 1.165) is 30.3 Å². The average Bonchev–Trinajstić information content (AvgIpc) is 2.19. The monoisotopic (exact) mass is 168 g/mol. The van der Waals surface area contributed by atoms with Crippen molar-refractivity contribution in [3.63, 3.8) is 0 Å². The molecule has 1 heterocycles. The second-order valence-corrected chi connectivity index (χ2v) is 2.78. The second-order valence-electron chi connectivity index (χ2n) is 2.78. The van der Waals surface area contributed by atoms with Gasteiger partial charge in [-0.25, -0.2) is 0 Å². The van der Waals surface area contributed by atoms with E-state index in [9.17, 15) is 0 Å². The summed E-state index contributed by atoms with van der Waals surface area (Å²) in [5.41, 5.74) is 2.09. The minimum Gasteiger partial charge on any atom is -0.490 e. The molecule has 0 spiro atoms. The van der Waals surface area contributed by atoms with Gasteiger partial charge in [0.15, 0.2) is 5.76 Å². The summed E-state index contributed by atoms with van der Waals surface area (Å²) >= 11 is 0. The van der Waals surface area contributed by atoms with Crippen molar-refractivity contribution in [2.75, 3.05) is 19.7 Å². The fraction of sp³-hybridized carbons (Fsp3) is 0.667. The predicted molar refractivity (Wildman–Crippen MR) is 50.3 cm³/mol. The van der Waals surface area contributed by atoms with Crippen molar-refractivity contribution >= 4 is 5.71 Å². The molecule has 3 heteroatoms. The van der Waals surface area contributed by atoms with Crippen molar-refractivity contribution in [3.05, 3.63) is 11.5 Å². The van der Waals surface area contributed by atoms with Gasteiger partial charge in [-0.2, -0.15) is 0 Å². The SMILES string of the molecule is CCOC1=C(C)NCCN=C1C. The molecule has 1 N–H and O–H groups in total. The summed E-state index contributed by atoms with van der Waals surface area (Å²) in [7, 11) is 0. The van der Waals surface area contributed by atoms with Gasteiger partial charge in [0, 0.05) is 6.54 Å². The Balaban J connectivity index is 2.82. The highest BCUT2D eigenvalue weighted by atomic mass is 16.5. The zero-order valence-electron chi connectivity index (χ0n) is 7.98. The largest absolute Gasteiger partial charge is 0.490 e. The van der Waals surface area contributed by atoms with Crippen LogP contribution in [0.1, 0.15) is 20.8 Å². The third kappa shape index (κ3) is 2.00. The maximum absolute atomic E-state index is 5.47. The van der Waals surface area contributed by atoms with Crippen LogP contribution < -0.4 is 5.32 Å². The summed E-state index contributed by atoms with van der Waals surface area (Å²) in [5, 5.41) is 3.25. The standard InChI is InChI=1S/C9H16N2O/c1-4-12-9-7(2)10-5-6-11-8(9)3/h10H,4-6H2,1-3H3. The van der Waals surface area contributed by atoms with Gasteiger partial charge < -0.3 is 10.1 Å². The molecular weight excluding hydrogens is 152 g/mol. The van der Waals surface area contributed by atoms with Crippen molar-refractivity contribution in [3.8, 4) is 0 Å². The van der Waals surface area contributed by atoms with E-state index in [2.05, 4.69) is 10.3 Å². The van der Waals surface area contributed by atoms with E-state index in [0.29, 0.717) is 6.61 Å². The van der Waals surface area contributed by atoms with E-state index in [1.54, 1.807) is 0 Å². The van der Waals surface area contributed by atoms with E-state index < -0.39 is 0 Å². The maximum atomic E-state index is 5.47. The smallest absolute Gasteiger partial charge is 0.158 e. The number of rotatable bonds is 2. The van der Waals surface area contributed by atoms with E-state index in [-0.39, 0.29) is 0 Å². The average molecular weight is 168 g/mol. The molecule has 0 saturated heterocycles. The first kappa shape index (κ1) is 9.10. The Morgan fingerprint density at radius 1 is 1.50 bits per heavy atom. The van der Waals surface area contributed by atoms with Gasteiger partial charge in [0.2, 0.25) is 0 Å². The highest BCUT2D eigenvalue weighted by molar-refractivity contribution is 5.97. The summed E-state index contributed by atoms with van der Waals surface area (Å²) in [5.74, 6) is 0.912. The molecule has 3 nitrogen and oxygen atoms in total. The quantitative estimate of drug-likeness (QED) is 0.674. The van der Waals surface area contributed by atoms with Crippen LogP contribution in [0.15, 0.2) is 16.4 Å². The van der Waals surface area contributed by atoms with Crippen LogP contribution in [0.3, 0.4) is 0 Å². The van der Waals surface area contributed by atoms with Crippen LogP contribution in [-0.4, -0.2) is 25.4 Å². The molecule has 0 unspecified atom stereocenters. The Morgan fingerprint density at radius 3 is 2.92 bits per heavy atom. The van der Waals surface area contributed by atoms with Crippen LogP contribution in [0.5, 0.6) is 0 Å². The van der Waals surface area contributed by atoms with Crippen LogP contribution in [0.25, 0.3) is 0 Å². The van der Waals surface area contributed by atoms with Crippen molar-refractivity contribution < 1.29 is 4.74 Å². The molecule has 0 aromatic heterocycles. The highest BCUT2D eigenvalue weighted by Gasteiger charge is 2.09. The second kappa shape index (κ2) is 4.14. The summed E-state index contributed by atoms with van der Waals surface area (Å²) in [4.78, 5) is 4.35. The number of hydrogen-bond acceptors (Lipinski definition) is 3. The molecule has 1 rings (SSSR count). The minimum absolute atomic E-state index is 0.696. The van der Waals surface area contributed by atoms with E-state index in [1.165, 1.54) is 0 Å². The Bertz CT molecular complexity index is 219. The lowest BCUT2D eigenvalue weighted by atomic mass is 10.3. The number of aliphatic imine (C=N–C) groups is 1. The normalized spacial score (nSPS) is 18.1. The first-order valence-electron chi connectivity index (χ1n) is 4.34. The third-order valence-electron chi connectivity index (χ3n) is 1.81. The maximum Gasteiger partial charge on any atom is 0.158 e. The Labute approximate surface area is 73.5 Å². The number of nitrogens with zero attached hydrogens (tertiary/aromatic N) is 1. The zero-order chi connectivity index (χ0) is 8.97. The van der Waals surface area contributed by atoms with Gasteiger partial charge in [0.05, 0.1) is 24.6 Å². The third-order valence-corrected chi connectivity index (χ3v) is 1.81. The fourth-order valence-electron chi connectivity index (χ4n) is 1.25. The molecule has 0 saturated carbocycles. The zero-order valence-corrected chi connectivity index (χ0v) is 7.98. The van der Waals surface area contributed by atoms with Gasteiger partial charge in [0.25, 0.3) is 0 Å². The topological polar surface area (TPSA) is 33.6 Å². The van der Waals surface area contributed by atoms with Gasteiger partial charge in [-0.15, -0.1) is 0 Å². The summed E-state index contributed by atoms with van der Waals surface area (Å²) < 4.78 is 5.47. The first-order valence-corrected chi connectivity index (χ1v) is 4.34. The summed E-state index contributed by atoms with van der Waals surface area (Å²) in [6.45, 7) is 8.43. The van der Waals surface area contributed by atoms with Gasteiger partial charge in [-0.3, -0.25) is 4.99 Å². The lowest BCUT2D eigenvalue weighted by molar-refractivity contribution is 0.244. The lowest BCUT2D eigenvalue weighted by Gasteiger charge is -2.10. The van der Waals surface area contributed by atoms with Crippen LogP contribution in [0, 0.1) is 0 Å². The molecule has 0 atom stereocenters. The fourth-order valence-corrected chi connectivity index (χ4v) is 1.25. The first-order chi connectivity index (χ1) is 5.75. The highest BCUT2D eigenvalue weighted by Crippen LogP contribution is 2.08. The van der Waals surface area contributed by atoms with Crippen molar-refractivity contribution in [2.24, 2.45) is 4.99 Å². The van der Waals surface area contributed by atoms with E-state index in [1.807, 2.05) is 20.8 Å². The number of hydrogen-bond donors (Lipinski definition) is 1. The van der Waals surface area contributed by atoms with Crippen molar-refractivity contribution in [1.82, 2.24) is 5.32 Å². The van der Waals surface area contributed by atoms with Crippen LogP contribution in [-0.2, 0) is 4.74 Å². The molecule has 1 aliphatic heterocycles. The van der Waals surface area contributed by atoms with Crippen molar-refractivity contribution in [2.45, 2.75) is 20.8 Å². The van der Waals surface area contributed by atoms with Gasteiger partial charge in [-0.1, -0.05) is 0 Å². The van der Waals surface area contributed by atoms with Crippen LogP contribution in [0.4, 0.5) is 0 Å². The van der Waals surface area contributed by atoms with Crippen LogP contribution >= 0.6 is 0 Å². The molecule has 0 bridgehead atoms. The molecule has 12 heavy (non-hydrogen) atoms. The van der Waals surface area contributed by atoms with Crippen LogP contribution in [0.2, 0.25) is 0 Å². The molecule has 0 aromatic rings. The molecule has 1 aliphatic rings. The van der Waals surface area contributed by atoms with Gasteiger partial charge in [-0.05, 0) is 20.8 Å². The number of nitrogens with one attached hydrogen (secondary N) is 1. The molecule has 0 radical (unpaired) electrons. The Kier molecular flexibility index (Phi) is 3.14. The summed E-state index contributed by atoms with van der Waals surface area (Å²) in [6.07, 6.45) is 0. The molecular formula is C9H16N2O. The Hall–Kier alpha value is -0.990. The molecule has 68 valence electrons. The predicted octanol–water partition coefficient (Wildman–Crippen LogP) is 1.32. The molecule has 0 aliphatic carbocycles. The molecule has 0 amide bonds. The van der Waals surface area contributed by atoms with Crippen molar-refractivity contribution in [1.29, 1.82) is 0 Å². The molecule has 0 fully saturated rings. The number of allylic oxidation sites excluding steroid dienone is 2. The lowest BCUT2D eigenvalue weighted by Crippen LogP contribution is -2.16. The Morgan fingerprint density at radius 2 is 2.25 bits per heavy atom. The minimum atomic E-state index is 0.696. The summed E-state index contributed by atoms with van der Waals surface area (Å²) in [6, 6.07) is 0. The number of ether oxygens (including phenoxy) is 1. The van der Waals surface area contributed by atoms with E-state index in [4.69, 9.17) is 4.74 Å². The van der Waals surface area contributed by atoms with Gasteiger partial charge in [0.1, 0.15) is 0 Å². The molecule has 0 aromatic carbocycles.